The predicted molar refractivity (Wildman–Crippen MR) is 69.0 cm³/mol. The zero-order chi connectivity index (χ0) is 11.4. The first-order valence-corrected chi connectivity index (χ1v) is 6.47. The quantitative estimate of drug-likeness (QED) is 0.863. The van der Waals surface area contributed by atoms with Crippen LogP contribution in [0.15, 0.2) is 29.9 Å². The van der Waals surface area contributed by atoms with Gasteiger partial charge in [0.05, 0.1) is 0 Å². The SMILES string of the molecule is CCn1ccnc1NC(C)Cc1cccs1. The van der Waals surface area contributed by atoms with E-state index in [1.54, 1.807) is 11.3 Å². The number of thiophene rings is 1. The average Bonchev–Trinajstić information content (AvgIpc) is 2.88. The van der Waals surface area contributed by atoms with Gasteiger partial charge in [0.1, 0.15) is 0 Å². The fraction of sp³-hybridized carbons (Fsp3) is 0.417. The molecule has 0 bridgehead atoms. The highest BCUT2D eigenvalue weighted by Gasteiger charge is 2.07. The first-order chi connectivity index (χ1) is 7.79. The van der Waals surface area contributed by atoms with Crippen LogP contribution in [0.4, 0.5) is 5.95 Å². The van der Waals surface area contributed by atoms with Crippen molar-refractivity contribution < 1.29 is 0 Å². The van der Waals surface area contributed by atoms with Crippen molar-refractivity contribution in [2.75, 3.05) is 5.32 Å². The molecule has 0 saturated carbocycles. The number of anilines is 1. The van der Waals surface area contributed by atoms with Crippen LogP contribution >= 0.6 is 11.3 Å². The van der Waals surface area contributed by atoms with E-state index in [-0.39, 0.29) is 0 Å². The summed E-state index contributed by atoms with van der Waals surface area (Å²) in [6, 6.07) is 4.68. The summed E-state index contributed by atoms with van der Waals surface area (Å²) < 4.78 is 2.12. The van der Waals surface area contributed by atoms with Crippen LogP contribution in [0, 0.1) is 0 Å². The number of aryl methyl sites for hydroxylation is 1. The van der Waals surface area contributed by atoms with E-state index in [2.05, 4.69) is 46.2 Å². The first-order valence-electron chi connectivity index (χ1n) is 5.59. The number of hydrogen-bond acceptors (Lipinski definition) is 3. The number of imidazole rings is 1. The van der Waals surface area contributed by atoms with E-state index in [0.29, 0.717) is 6.04 Å². The Morgan fingerprint density at radius 2 is 2.44 bits per heavy atom. The fourth-order valence-electron chi connectivity index (χ4n) is 1.71. The largest absolute Gasteiger partial charge is 0.353 e. The molecule has 1 unspecified atom stereocenters. The van der Waals surface area contributed by atoms with Gasteiger partial charge in [-0.05, 0) is 25.3 Å². The van der Waals surface area contributed by atoms with E-state index in [9.17, 15) is 0 Å². The smallest absolute Gasteiger partial charge is 0.202 e. The maximum atomic E-state index is 4.31. The summed E-state index contributed by atoms with van der Waals surface area (Å²) in [5.41, 5.74) is 0. The maximum Gasteiger partial charge on any atom is 0.202 e. The summed E-state index contributed by atoms with van der Waals surface area (Å²) in [4.78, 5) is 5.72. The molecule has 4 heteroatoms. The lowest BCUT2D eigenvalue weighted by Gasteiger charge is -2.14. The number of hydrogen-bond donors (Lipinski definition) is 1. The lowest BCUT2D eigenvalue weighted by molar-refractivity contribution is 0.726. The van der Waals surface area contributed by atoms with Crippen molar-refractivity contribution in [2.24, 2.45) is 0 Å². The Kier molecular flexibility index (Phi) is 3.62. The molecular weight excluding hydrogens is 218 g/mol. The van der Waals surface area contributed by atoms with Crippen LogP contribution in [0.1, 0.15) is 18.7 Å². The molecule has 2 aromatic heterocycles. The van der Waals surface area contributed by atoms with Crippen molar-refractivity contribution in [1.29, 1.82) is 0 Å². The number of nitrogens with zero attached hydrogens (tertiary/aromatic N) is 2. The molecular formula is C12H17N3S. The molecule has 0 radical (unpaired) electrons. The zero-order valence-corrected chi connectivity index (χ0v) is 10.5. The van der Waals surface area contributed by atoms with Crippen molar-refractivity contribution in [1.82, 2.24) is 9.55 Å². The molecule has 2 rings (SSSR count). The molecule has 0 aliphatic heterocycles. The van der Waals surface area contributed by atoms with Gasteiger partial charge in [0.15, 0.2) is 0 Å². The van der Waals surface area contributed by atoms with E-state index in [1.165, 1.54) is 4.88 Å². The third-order valence-corrected chi connectivity index (χ3v) is 3.42. The molecule has 2 aromatic rings. The number of rotatable bonds is 5. The van der Waals surface area contributed by atoms with Gasteiger partial charge >= 0.3 is 0 Å². The standard InChI is InChI=1S/C12H17N3S/c1-3-15-7-6-13-12(15)14-10(2)9-11-5-4-8-16-11/h4-8,10H,3,9H2,1-2H3,(H,13,14). The molecule has 0 aromatic carbocycles. The monoisotopic (exact) mass is 235 g/mol. The van der Waals surface area contributed by atoms with Gasteiger partial charge < -0.3 is 9.88 Å². The summed E-state index contributed by atoms with van der Waals surface area (Å²) in [6.07, 6.45) is 4.89. The molecule has 0 aliphatic rings. The topological polar surface area (TPSA) is 29.9 Å². The van der Waals surface area contributed by atoms with Crippen molar-refractivity contribution in [2.45, 2.75) is 32.9 Å². The van der Waals surface area contributed by atoms with Crippen LogP contribution in [0.3, 0.4) is 0 Å². The van der Waals surface area contributed by atoms with E-state index in [4.69, 9.17) is 0 Å². The van der Waals surface area contributed by atoms with Crippen LogP contribution in [0.25, 0.3) is 0 Å². The highest BCUT2D eigenvalue weighted by Crippen LogP contribution is 2.13. The zero-order valence-electron chi connectivity index (χ0n) is 9.68. The van der Waals surface area contributed by atoms with Crippen LogP contribution in [0.5, 0.6) is 0 Å². The minimum Gasteiger partial charge on any atom is -0.353 e. The first kappa shape index (κ1) is 11.2. The molecule has 16 heavy (non-hydrogen) atoms. The predicted octanol–water partition coefficient (Wildman–Crippen LogP) is 3.01. The molecule has 0 aliphatic carbocycles. The van der Waals surface area contributed by atoms with Gasteiger partial charge in [0.25, 0.3) is 0 Å². The Morgan fingerprint density at radius 1 is 1.56 bits per heavy atom. The Bertz CT molecular complexity index is 419. The highest BCUT2D eigenvalue weighted by atomic mass is 32.1. The van der Waals surface area contributed by atoms with Crippen LogP contribution < -0.4 is 5.32 Å². The van der Waals surface area contributed by atoms with Crippen LogP contribution in [0.2, 0.25) is 0 Å². The van der Waals surface area contributed by atoms with E-state index < -0.39 is 0 Å². The van der Waals surface area contributed by atoms with E-state index >= 15 is 0 Å². The Balaban J connectivity index is 1.94. The van der Waals surface area contributed by atoms with Crippen LogP contribution in [-0.2, 0) is 13.0 Å². The minimum atomic E-state index is 0.409. The molecule has 0 amide bonds. The molecule has 1 N–H and O–H groups in total. The van der Waals surface area contributed by atoms with E-state index in [1.807, 2.05) is 12.4 Å². The number of nitrogens with one attached hydrogen (secondary N) is 1. The van der Waals surface area contributed by atoms with Crippen LogP contribution in [-0.4, -0.2) is 15.6 Å². The number of aromatic nitrogens is 2. The normalized spacial score (nSPS) is 12.6. The molecule has 0 saturated heterocycles. The Hall–Kier alpha value is -1.29. The van der Waals surface area contributed by atoms with E-state index in [0.717, 1.165) is 18.9 Å². The maximum absolute atomic E-state index is 4.31. The molecule has 3 nitrogen and oxygen atoms in total. The van der Waals surface area contributed by atoms with Gasteiger partial charge in [-0.2, -0.15) is 0 Å². The Morgan fingerprint density at radius 3 is 3.12 bits per heavy atom. The third kappa shape index (κ3) is 2.64. The van der Waals surface area contributed by atoms with Crippen molar-refractivity contribution in [3.8, 4) is 0 Å². The summed E-state index contributed by atoms with van der Waals surface area (Å²) >= 11 is 1.81. The summed E-state index contributed by atoms with van der Waals surface area (Å²) in [6.45, 7) is 5.26. The second-order valence-electron chi connectivity index (χ2n) is 3.87. The van der Waals surface area contributed by atoms with Crippen molar-refractivity contribution in [3.63, 3.8) is 0 Å². The fourth-order valence-corrected chi connectivity index (χ4v) is 2.54. The second-order valence-corrected chi connectivity index (χ2v) is 4.90. The lowest BCUT2D eigenvalue weighted by Crippen LogP contribution is -2.20. The van der Waals surface area contributed by atoms with Crippen molar-refractivity contribution >= 4 is 17.3 Å². The van der Waals surface area contributed by atoms with Gasteiger partial charge in [-0.15, -0.1) is 11.3 Å². The van der Waals surface area contributed by atoms with Crippen molar-refractivity contribution in [3.05, 3.63) is 34.8 Å². The average molecular weight is 235 g/mol. The summed E-state index contributed by atoms with van der Waals surface area (Å²) in [5.74, 6) is 0.964. The molecule has 2 heterocycles. The van der Waals surface area contributed by atoms with Gasteiger partial charge in [-0.25, -0.2) is 4.98 Å². The highest BCUT2D eigenvalue weighted by molar-refractivity contribution is 7.09. The summed E-state index contributed by atoms with van der Waals surface area (Å²) in [5, 5.41) is 5.56. The minimum absolute atomic E-state index is 0.409. The van der Waals surface area contributed by atoms with Gasteiger partial charge in [0.2, 0.25) is 5.95 Å². The molecule has 86 valence electrons. The lowest BCUT2D eigenvalue weighted by atomic mass is 10.2. The molecule has 0 fully saturated rings. The van der Waals surface area contributed by atoms with Gasteiger partial charge in [0, 0.05) is 36.3 Å². The third-order valence-electron chi connectivity index (χ3n) is 2.52. The molecule has 0 spiro atoms. The Labute approximate surface area is 100 Å². The summed E-state index contributed by atoms with van der Waals surface area (Å²) in [7, 11) is 0. The van der Waals surface area contributed by atoms with Gasteiger partial charge in [-0.3, -0.25) is 0 Å². The van der Waals surface area contributed by atoms with Gasteiger partial charge in [-0.1, -0.05) is 6.07 Å². The second kappa shape index (κ2) is 5.16. The molecule has 1 atom stereocenters.